The van der Waals surface area contributed by atoms with Crippen molar-refractivity contribution in [3.8, 4) is 0 Å². The molecule has 0 spiro atoms. The predicted molar refractivity (Wildman–Crippen MR) is 97.1 cm³/mol. The largest absolute Gasteiger partial charge is 0.351 e. The number of rotatable bonds is 2. The molecule has 7 heteroatoms. The zero-order chi connectivity index (χ0) is 16.8. The van der Waals surface area contributed by atoms with Crippen molar-refractivity contribution in [3.05, 3.63) is 29.0 Å². The van der Waals surface area contributed by atoms with E-state index in [1.165, 1.54) is 0 Å². The van der Waals surface area contributed by atoms with Crippen LogP contribution in [0, 0.1) is 0 Å². The lowest BCUT2D eigenvalue weighted by atomic mass is 10.0. The van der Waals surface area contributed by atoms with Crippen LogP contribution in [0.25, 0.3) is 16.7 Å². The Bertz CT molecular complexity index is 895. The number of hydrogen-bond acceptors (Lipinski definition) is 5. The van der Waals surface area contributed by atoms with Gasteiger partial charge in [0.25, 0.3) is 0 Å². The first-order chi connectivity index (χ1) is 11.5. The van der Waals surface area contributed by atoms with Crippen molar-refractivity contribution in [3.63, 3.8) is 0 Å². The molecule has 4 rings (SSSR count). The maximum atomic E-state index is 6.34. The SMILES string of the molecule is CC(C)c1cc(Cl)cc2c1nc(N1CCN(C)CC1)c1nncn12. The second-order valence-corrected chi connectivity index (χ2v) is 7.20. The minimum Gasteiger partial charge on any atom is -0.351 e. The summed E-state index contributed by atoms with van der Waals surface area (Å²) in [6, 6.07) is 3.96. The third kappa shape index (κ3) is 2.50. The molecule has 3 heterocycles. The van der Waals surface area contributed by atoms with Gasteiger partial charge >= 0.3 is 0 Å². The summed E-state index contributed by atoms with van der Waals surface area (Å²) in [6.45, 7) is 8.27. The lowest BCUT2D eigenvalue weighted by molar-refractivity contribution is 0.312. The molecule has 0 radical (unpaired) electrons. The maximum absolute atomic E-state index is 6.34. The number of halogens is 1. The summed E-state index contributed by atoms with van der Waals surface area (Å²) in [5.41, 5.74) is 3.90. The normalized spacial score (nSPS) is 16.6. The van der Waals surface area contributed by atoms with Gasteiger partial charge in [-0.3, -0.25) is 4.40 Å². The Hall–Kier alpha value is -1.92. The van der Waals surface area contributed by atoms with E-state index in [0.717, 1.165) is 59.3 Å². The minimum atomic E-state index is 0.341. The standard InChI is InChI=1S/C17H21ClN6/c1-11(2)13-8-12(18)9-14-15(13)20-16(17-21-19-10-24(14)17)23-6-4-22(3)5-7-23/h8-11H,4-7H2,1-3H3. The minimum absolute atomic E-state index is 0.341. The number of benzene rings is 1. The van der Waals surface area contributed by atoms with Gasteiger partial charge in [-0.2, -0.15) is 0 Å². The molecule has 0 unspecified atom stereocenters. The number of aromatic nitrogens is 4. The second kappa shape index (κ2) is 5.86. The van der Waals surface area contributed by atoms with Gasteiger partial charge < -0.3 is 9.80 Å². The van der Waals surface area contributed by atoms with Gasteiger partial charge in [-0.25, -0.2) is 4.98 Å². The van der Waals surface area contributed by atoms with Gasteiger partial charge in [-0.05, 0) is 30.7 Å². The monoisotopic (exact) mass is 344 g/mol. The fourth-order valence-corrected chi connectivity index (χ4v) is 3.52. The van der Waals surface area contributed by atoms with Gasteiger partial charge in [0.05, 0.1) is 11.0 Å². The van der Waals surface area contributed by atoms with Crippen LogP contribution in [0.2, 0.25) is 5.02 Å². The van der Waals surface area contributed by atoms with Crippen molar-refractivity contribution in [1.82, 2.24) is 24.5 Å². The Morgan fingerprint density at radius 1 is 1.12 bits per heavy atom. The molecule has 0 aliphatic carbocycles. The number of hydrogen-bond donors (Lipinski definition) is 0. The first-order valence-corrected chi connectivity index (χ1v) is 8.69. The summed E-state index contributed by atoms with van der Waals surface area (Å²) < 4.78 is 2.01. The van der Waals surface area contributed by atoms with Gasteiger partial charge in [0.15, 0.2) is 5.82 Å². The van der Waals surface area contributed by atoms with Crippen LogP contribution in [0.5, 0.6) is 0 Å². The highest BCUT2D eigenvalue weighted by Crippen LogP contribution is 2.31. The molecule has 3 aromatic rings. The molecule has 126 valence electrons. The van der Waals surface area contributed by atoms with Crippen molar-refractivity contribution in [1.29, 1.82) is 0 Å². The van der Waals surface area contributed by atoms with E-state index in [9.17, 15) is 0 Å². The topological polar surface area (TPSA) is 49.6 Å². The fourth-order valence-electron chi connectivity index (χ4n) is 3.30. The Morgan fingerprint density at radius 3 is 2.58 bits per heavy atom. The summed E-state index contributed by atoms with van der Waals surface area (Å²) in [5, 5.41) is 9.16. The lowest BCUT2D eigenvalue weighted by Crippen LogP contribution is -2.45. The van der Waals surface area contributed by atoms with E-state index in [0.29, 0.717) is 5.92 Å². The Labute approximate surface area is 146 Å². The Balaban J connectivity index is 1.98. The van der Waals surface area contributed by atoms with E-state index < -0.39 is 0 Å². The second-order valence-electron chi connectivity index (χ2n) is 6.77. The molecule has 6 nitrogen and oxygen atoms in total. The first kappa shape index (κ1) is 15.6. The third-order valence-electron chi connectivity index (χ3n) is 4.73. The first-order valence-electron chi connectivity index (χ1n) is 8.31. The van der Waals surface area contributed by atoms with Crippen molar-refractivity contribution in [2.75, 3.05) is 38.1 Å². The zero-order valence-corrected chi connectivity index (χ0v) is 15.0. The number of anilines is 1. The fraction of sp³-hybridized carbons (Fsp3) is 0.471. The molecule has 0 saturated carbocycles. The smallest absolute Gasteiger partial charge is 0.204 e. The highest BCUT2D eigenvalue weighted by molar-refractivity contribution is 6.31. The summed E-state index contributed by atoms with van der Waals surface area (Å²) in [6.07, 6.45) is 1.75. The number of nitrogens with zero attached hydrogens (tertiary/aromatic N) is 6. The van der Waals surface area contributed by atoms with Gasteiger partial charge in [0.1, 0.15) is 6.33 Å². The summed E-state index contributed by atoms with van der Waals surface area (Å²) >= 11 is 6.34. The average Bonchev–Trinajstić information content (AvgIpc) is 3.04. The van der Waals surface area contributed by atoms with Crippen molar-refractivity contribution >= 4 is 34.1 Å². The van der Waals surface area contributed by atoms with E-state index >= 15 is 0 Å². The summed E-state index contributed by atoms with van der Waals surface area (Å²) in [7, 11) is 2.15. The predicted octanol–water partition coefficient (Wildman–Crippen LogP) is 2.81. The molecule has 0 atom stereocenters. The number of likely N-dealkylation sites (N-methyl/N-ethyl adjacent to an activating group) is 1. The zero-order valence-electron chi connectivity index (χ0n) is 14.2. The molecule has 1 aromatic carbocycles. The molecule has 0 N–H and O–H groups in total. The van der Waals surface area contributed by atoms with Crippen LogP contribution in [-0.2, 0) is 0 Å². The highest BCUT2D eigenvalue weighted by atomic mass is 35.5. The molecule has 1 aliphatic rings. The molecule has 2 aromatic heterocycles. The molecule has 0 bridgehead atoms. The van der Waals surface area contributed by atoms with Crippen molar-refractivity contribution in [2.24, 2.45) is 0 Å². The Kier molecular flexibility index (Phi) is 3.81. The number of piperazine rings is 1. The van der Waals surface area contributed by atoms with Crippen LogP contribution < -0.4 is 4.90 Å². The highest BCUT2D eigenvalue weighted by Gasteiger charge is 2.22. The molecule has 1 aliphatic heterocycles. The average molecular weight is 345 g/mol. The molecule has 1 fully saturated rings. The molecule has 1 saturated heterocycles. The van der Waals surface area contributed by atoms with Crippen LogP contribution in [0.3, 0.4) is 0 Å². The maximum Gasteiger partial charge on any atom is 0.204 e. The molecule has 0 amide bonds. The van der Waals surface area contributed by atoms with Crippen LogP contribution in [0.1, 0.15) is 25.3 Å². The summed E-state index contributed by atoms with van der Waals surface area (Å²) in [5.74, 6) is 1.25. The quantitative estimate of drug-likeness (QED) is 0.715. The van der Waals surface area contributed by atoms with E-state index in [4.69, 9.17) is 16.6 Å². The lowest BCUT2D eigenvalue weighted by Gasteiger charge is -2.33. The van der Waals surface area contributed by atoms with E-state index in [1.54, 1.807) is 6.33 Å². The van der Waals surface area contributed by atoms with Crippen molar-refractivity contribution in [2.45, 2.75) is 19.8 Å². The summed E-state index contributed by atoms with van der Waals surface area (Å²) in [4.78, 5) is 9.65. The number of fused-ring (bicyclic) bond motifs is 3. The molecular formula is C17H21ClN6. The van der Waals surface area contributed by atoms with Gasteiger partial charge in [-0.15, -0.1) is 10.2 Å². The van der Waals surface area contributed by atoms with Crippen LogP contribution in [0.4, 0.5) is 5.82 Å². The molecular weight excluding hydrogens is 324 g/mol. The van der Waals surface area contributed by atoms with Crippen LogP contribution >= 0.6 is 11.6 Å². The van der Waals surface area contributed by atoms with E-state index in [-0.39, 0.29) is 0 Å². The van der Waals surface area contributed by atoms with Crippen LogP contribution in [-0.4, -0.2) is 57.7 Å². The van der Waals surface area contributed by atoms with E-state index in [2.05, 4.69) is 40.9 Å². The van der Waals surface area contributed by atoms with E-state index in [1.807, 2.05) is 16.5 Å². The Morgan fingerprint density at radius 2 is 1.88 bits per heavy atom. The van der Waals surface area contributed by atoms with Gasteiger partial charge in [0.2, 0.25) is 5.65 Å². The van der Waals surface area contributed by atoms with Gasteiger partial charge in [0, 0.05) is 31.2 Å². The van der Waals surface area contributed by atoms with Gasteiger partial charge in [-0.1, -0.05) is 25.4 Å². The van der Waals surface area contributed by atoms with Crippen LogP contribution in [0.15, 0.2) is 18.5 Å². The third-order valence-corrected chi connectivity index (χ3v) is 4.95. The molecule has 24 heavy (non-hydrogen) atoms. The van der Waals surface area contributed by atoms with Crippen molar-refractivity contribution < 1.29 is 0 Å².